The second-order valence-corrected chi connectivity index (χ2v) is 10.3. The van der Waals surface area contributed by atoms with Gasteiger partial charge in [0.2, 0.25) is 0 Å². The van der Waals surface area contributed by atoms with Crippen molar-refractivity contribution in [2.75, 3.05) is 25.5 Å². The Morgan fingerprint density at radius 2 is 1.88 bits per heavy atom. The van der Waals surface area contributed by atoms with Gasteiger partial charge in [-0.05, 0) is 69.3 Å². The number of aryl methyl sites for hydroxylation is 1. The van der Waals surface area contributed by atoms with E-state index >= 15 is 0 Å². The van der Waals surface area contributed by atoms with Gasteiger partial charge in [0.15, 0.2) is 0 Å². The monoisotopic (exact) mass is 480 g/mol. The standard InChI is InChI=1S/C25H35F3N4O2/c1-16-6-7-18(13-20(16)33)24(31(4)5)10-8-23(3,9-11-24)15-32(22(29)34)19-14-30-21(12-17(19)2)25(26,27)28/h6-7,12-14,16,20,33H,8-11,15H2,1-5H3,(H2,29,34)/t16?,20?,23-,24-. The first-order valence-electron chi connectivity index (χ1n) is 11.6. The minimum absolute atomic E-state index is 0.0709. The number of hydrogen-bond acceptors (Lipinski definition) is 4. The smallest absolute Gasteiger partial charge is 0.388 e. The number of pyridine rings is 1. The van der Waals surface area contributed by atoms with Crippen LogP contribution in [0, 0.1) is 18.3 Å². The largest absolute Gasteiger partial charge is 0.433 e. The van der Waals surface area contributed by atoms with Crippen LogP contribution in [-0.2, 0) is 6.18 Å². The Morgan fingerprint density at radius 3 is 2.35 bits per heavy atom. The van der Waals surface area contributed by atoms with E-state index in [1.54, 1.807) is 0 Å². The molecule has 188 valence electrons. The van der Waals surface area contributed by atoms with Gasteiger partial charge in [0.05, 0.1) is 18.0 Å². The summed E-state index contributed by atoms with van der Waals surface area (Å²) in [7, 11) is 4.07. The van der Waals surface area contributed by atoms with E-state index in [0.717, 1.165) is 43.5 Å². The van der Waals surface area contributed by atoms with Crippen LogP contribution in [0.25, 0.3) is 0 Å². The van der Waals surface area contributed by atoms with E-state index in [1.165, 1.54) is 11.8 Å². The summed E-state index contributed by atoms with van der Waals surface area (Å²) in [5.74, 6) is 0.0709. The molecular formula is C25H35F3N4O2. The number of carbonyl (C=O) groups excluding carboxylic acids is 1. The lowest BCUT2D eigenvalue weighted by molar-refractivity contribution is -0.141. The summed E-state index contributed by atoms with van der Waals surface area (Å²) in [6, 6.07) is 0.227. The molecule has 1 heterocycles. The zero-order valence-corrected chi connectivity index (χ0v) is 20.5. The van der Waals surface area contributed by atoms with Gasteiger partial charge in [-0.1, -0.05) is 32.1 Å². The fourth-order valence-corrected chi connectivity index (χ4v) is 5.14. The number of nitrogens with two attached hydrogens (primary N) is 1. The molecule has 2 atom stereocenters. The van der Waals surface area contributed by atoms with Crippen LogP contribution in [0.15, 0.2) is 36.1 Å². The summed E-state index contributed by atoms with van der Waals surface area (Å²) in [4.78, 5) is 19.4. The summed E-state index contributed by atoms with van der Waals surface area (Å²) in [5.41, 5.74) is 5.84. The molecule has 1 aromatic rings. The number of hydrogen-bond donors (Lipinski definition) is 2. The van der Waals surface area contributed by atoms with Crippen molar-refractivity contribution in [2.45, 2.75) is 64.3 Å². The molecule has 1 fully saturated rings. The predicted octanol–water partition coefficient (Wildman–Crippen LogP) is 4.67. The van der Waals surface area contributed by atoms with Crippen LogP contribution in [0.4, 0.5) is 23.7 Å². The van der Waals surface area contributed by atoms with Gasteiger partial charge in [-0.25, -0.2) is 9.78 Å². The topological polar surface area (TPSA) is 82.7 Å². The zero-order chi connectivity index (χ0) is 25.5. The van der Waals surface area contributed by atoms with E-state index in [9.17, 15) is 23.1 Å². The number of nitrogens with zero attached hydrogens (tertiary/aromatic N) is 3. The Bertz CT molecular complexity index is 979. The quantitative estimate of drug-likeness (QED) is 0.642. The average molecular weight is 481 g/mol. The normalized spacial score (nSPS) is 29.8. The predicted molar refractivity (Wildman–Crippen MR) is 126 cm³/mol. The Hall–Kier alpha value is -2.39. The molecule has 0 aromatic carbocycles. The summed E-state index contributed by atoms with van der Waals surface area (Å²) in [6.45, 7) is 5.87. The van der Waals surface area contributed by atoms with Crippen LogP contribution in [-0.4, -0.2) is 53.3 Å². The van der Waals surface area contributed by atoms with E-state index < -0.39 is 24.0 Å². The lowest BCUT2D eigenvalue weighted by Gasteiger charge is -2.51. The Kier molecular flexibility index (Phi) is 7.20. The summed E-state index contributed by atoms with van der Waals surface area (Å²) >= 11 is 0. The SMILES string of the molecule is Cc1cc(C(F)(F)F)ncc1N(C[C@]1(C)CC[C@@](C2=CC(O)C(C)C=C2)(N(C)C)CC1)C(N)=O. The number of anilines is 1. The molecule has 1 saturated carbocycles. The van der Waals surface area contributed by atoms with Crippen molar-refractivity contribution in [3.63, 3.8) is 0 Å². The zero-order valence-electron chi connectivity index (χ0n) is 20.5. The van der Waals surface area contributed by atoms with Crippen LogP contribution in [0.3, 0.4) is 0 Å². The number of alkyl halides is 3. The maximum Gasteiger partial charge on any atom is 0.433 e. The molecule has 0 aliphatic heterocycles. The molecule has 2 aliphatic carbocycles. The highest BCUT2D eigenvalue weighted by atomic mass is 19.4. The van der Waals surface area contributed by atoms with Crippen molar-refractivity contribution in [3.05, 3.63) is 47.3 Å². The van der Waals surface area contributed by atoms with Crippen LogP contribution < -0.4 is 10.6 Å². The lowest BCUT2D eigenvalue weighted by atomic mass is 9.64. The number of urea groups is 1. The fraction of sp³-hybridized carbons (Fsp3) is 0.600. The summed E-state index contributed by atoms with van der Waals surface area (Å²) in [5, 5.41) is 10.4. The van der Waals surface area contributed by atoms with Crippen molar-refractivity contribution < 1.29 is 23.1 Å². The maximum absolute atomic E-state index is 13.0. The molecule has 0 bridgehead atoms. The Labute approximate surface area is 199 Å². The van der Waals surface area contributed by atoms with E-state index in [-0.39, 0.29) is 23.4 Å². The first kappa shape index (κ1) is 26.2. The highest BCUT2D eigenvalue weighted by molar-refractivity contribution is 5.91. The van der Waals surface area contributed by atoms with Gasteiger partial charge < -0.3 is 10.8 Å². The van der Waals surface area contributed by atoms with E-state index in [0.29, 0.717) is 11.3 Å². The number of carbonyl (C=O) groups is 1. The van der Waals surface area contributed by atoms with Crippen LogP contribution in [0.5, 0.6) is 0 Å². The second kappa shape index (κ2) is 9.34. The molecule has 2 unspecified atom stereocenters. The lowest BCUT2D eigenvalue weighted by Crippen LogP contribution is -2.53. The molecule has 1 aromatic heterocycles. The first-order valence-corrected chi connectivity index (χ1v) is 11.6. The van der Waals surface area contributed by atoms with Gasteiger partial charge in [-0.15, -0.1) is 0 Å². The Morgan fingerprint density at radius 1 is 1.26 bits per heavy atom. The molecule has 6 nitrogen and oxygen atoms in total. The third-order valence-corrected chi connectivity index (χ3v) is 7.62. The number of likely N-dealkylation sites (N-methyl/N-ethyl adjacent to an activating group) is 1. The number of aliphatic hydroxyl groups is 1. The number of primary amides is 1. The number of aliphatic hydroxyl groups excluding tert-OH is 1. The number of amides is 2. The Balaban J connectivity index is 1.83. The second-order valence-electron chi connectivity index (χ2n) is 10.3. The molecule has 0 saturated heterocycles. The van der Waals surface area contributed by atoms with Gasteiger partial charge in [0, 0.05) is 18.0 Å². The highest BCUT2D eigenvalue weighted by Gasteiger charge is 2.45. The van der Waals surface area contributed by atoms with Gasteiger partial charge in [0.1, 0.15) is 5.69 Å². The van der Waals surface area contributed by atoms with Crippen molar-refractivity contribution >= 4 is 11.7 Å². The average Bonchev–Trinajstić information content (AvgIpc) is 2.74. The molecule has 0 spiro atoms. The van der Waals surface area contributed by atoms with Crippen LogP contribution in [0.1, 0.15) is 50.8 Å². The molecule has 2 aliphatic rings. The van der Waals surface area contributed by atoms with E-state index in [2.05, 4.69) is 22.9 Å². The minimum atomic E-state index is -4.56. The van der Waals surface area contributed by atoms with Crippen LogP contribution >= 0.6 is 0 Å². The molecule has 0 radical (unpaired) electrons. The third-order valence-electron chi connectivity index (χ3n) is 7.62. The van der Waals surface area contributed by atoms with Crippen molar-refractivity contribution in [3.8, 4) is 0 Å². The maximum atomic E-state index is 13.0. The molecule has 34 heavy (non-hydrogen) atoms. The van der Waals surface area contributed by atoms with Crippen LogP contribution in [0.2, 0.25) is 0 Å². The first-order chi connectivity index (χ1) is 15.7. The van der Waals surface area contributed by atoms with Crippen molar-refractivity contribution in [1.29, 1.82) is 0 Å². The van der Waals surface area contributed by atoms with Gasteiger partial charge in [0.25, 0.3) is 0 Å². The number of halogens is 3. The van der Waals surface area contributed by atoms with E-state index in [4.69, 9.17) is 5.73 Å². The fourth-order valence-electron chi connectivity index (χ4n) is 5.14. The molecular weight excluding hydrogens is 445 g/mol. The highest BCUT2D eigenvalue weighted by Crippen LogP contribution is 2.48. The molecule has 9 heteroatoms. The van der Waals surface area contributed by atoms with Gasteiger partial charge in [-0.3, -0.25) is 9.80 Å². The van der Waals surface area contributed by atoms with Crippen molar-refractivity contribution in [2.24, 2.45) is 17.1 Å². The summed E-state index contributed by atoms with van der Waals surface area (Å²) in [6.07, 6.45) is 5.26. The third kappa shape index (κ3) is 5.15. The number of rotatable bonds is 5. The number of aromatic nitrogens is 1. The van der Waals surface area contributed by atoms with Gasteiger partial charge >= 0.3 is 12.2 Å². The summed E-state index contributed by atoms with van der Waals surface area (Å²) < 4.78 is 39.1. The van der Waals surface area contributed by atoms with E-state index in [1.807, 2.05) is 33.2 Å². The minimum Gasteiger partial charge on any atom is -0.388 e. The molecule has 3 rings (SSSR count). The molecule has 3 N–H and O–H groups in total. The van der Waals surface area contributed by atoms with Gasteiger partial charge in [-0.2, -0.15) is 13.2 Å². The van der Waals surface area contributed by atoms with Crippen molar-refractivity contribution in [1.82, 2.24) is 9.88 Å². The molecule has 2 amide bonds.